The Hall–Kier alpha value is -1.63. The number of carbonyl (C=O) groups excluding carboxylic acids is 1. The van der Waals surface area contributed by atoms with Crippen LogP contribution in [-0.4, -0.2) is 72.8 Å². The molecule has 25 heavy (non-hydrogen) atoms. The van der Waals surface area contributed by atoms with E-state index in [0.29, 0.717) is 25.7 Å². The Bertz CT molecular complexity index is 533. The van der Waals surface area contributed by atoms with Crippen LogP contribution < -0.4 is 10.1 Å². The van der Waals surface area contributed by atoms with Crippen molar-refractivity contribution in [3.8, 4) is 5.75 Å². The maximum atomic E-state index is 12.2. The first-order valence-corrected chi connectivity index (χ1v) is 9.06. The van der Waals surface area contributed by atoms with E-state index in [2.05, 4.69) is 22.0 Å². The molecule has 2 rings (SSSR count). The number of carbonyl (C=O) groups is 1. The Labute approximate surface area is 150 Å². The van der Waals surface area contributed by atoms with Crippen molar-refractivity contribution < 1.29 is 14.6 Å². The third-order valence-corrected chi connectivity index (χ3v) is 4.67. The van der Waals surface area contributed by atoms with E-state index in [1.807, 2.05) is 31.2 Å². The van der Waals surface area contributed by atoms with E-state index in [4.69, 9.17) is 4.74 Å². The Kier molecular flexibility index (Phi) is 7.68. The van der Waals surface area contributed by atoms with Crippen LogP contribution in [0.2, 0.25) is 0 Å². The topological polar surface area (TPSA) is 65.0 Å². The van der Waals surface area contributed by atoms with Crippen molar-refractivity contribution in [2.45, 2.75) is 39.0 Å². The normalized spacial score (nSPS) is 20.2. The number of benzene rings is 1. The lowest BCUT2D eigenvalue weighted by Crippen LogP contribution is -2.55. The molecule has 0 spiro atoms. The first-order chi connectivity index (χ1) is 12.0. The molecule has 1 amide bonds. The molecule has 0 saturated carbocycles. The lowest BCUT2D eigenvalue weighted by molar-refractivity contribution is -0.123. The van der Waals surface area contributed by atoms with Gasteiger partial charge in [-0.25, -0.2) is 0 Å². The summed E-state index contributed by atoms with van der Waals surface area (Å²) in [5.41, 5.74) is 1.06. The molecular formula is C19H31N3O3. The Morgan fingerprint density at radius 2 is 2.08 bits per heavy atom. The van der Waals surface area contributed by atoms with Crippen molar-refractivity contribution in [1.82, 2.24) is 15.1 Å². The molecule has 6 nitrogen and oxygen atoms in total. The number of β-amino-alcohol motifs (C(OH)–C–C–N with tert-alkyl or cyclic N) is 1. The van der Waals surface area contributed by atoms with Gasteiger partial charge in [0.25, 0.3) is 0 Å². The van der Waals surface area contributed by atoms with Crippen molar-refractivity contribution in [3.05, 3.63) is 29.8 Å². The van der Waals surface area contributed by atoms with Gasteiger partial charge >= 0.3 is 0 Å². The summed E-state index contributed by atoms with van der Waals surface area (Å²) >= 11 is 0. The molecule has 140 valence electrons. The first-order valence-electron chi connectivity index (χ1n) is 9.06. The molecule has 6 heteroatoms. The van der Waals surface area contributed by atoms with Gasteiger partial charge in [-0.2, -0.15) is 0 Å². The van der Waals surface area contributed by atoms with Gasteiger partial charge in [0.05, 0.1) is 19.8 Å². The Balaban J connectivity index is 1.76. The summed E-state index contributed by atoms with van der Waals surface area (Å²) in [7, 11) is 1.64. The molecule has 1 aromatic rings. The minimum Gasteiger partial charge on any atom is -0.497 e. The van der Waals surface area contributed by atoms with Crippen LogP contribution in [-0.2, 0) is 11.3 Å². The van der Waals surface area contributed by atoms with E-state index < -0.39 is 0 Å². The number of ether oxygens (including phenoxy) is 1. The van der Waals surface area contributed by atoms with Gasteiger partial charge in [-0.05, 0) is 31.0 Å². The molecule has 1 aliphatic rings. The maximum absolute atomic E-state index is 12.2. The van der Waals surface area contributed by atoms with E-state index >= 15 is 0 Å². The second-order valence-corrected chi connectivity index (χ2v) is 6.77. The zero-order chi connectivity index (χ0) is 18.2. The van der Waals surface area contributed by atoms with E-state index in [1.165, 1.54) is 0 Å². The smallest absolute Gasteiger partial charge is 0.234 e. The molecule has 1 saturated heterocycles. The summed E-state index contributed by atoms with van der Waals surface area (Å²) in [4.78, 5) is 16.8. The summed E-state index contributed by atoms with van der Waals surface area (Å²) in [6.45, 7) is 8.28. The zero-order valence-electron chi connectivity index (χ0n) is 15.6. The van der Waals surface area contributed by atoms with Crippen LogP contribution in [0, 0.1) is 0 Å². The molecule has 0 unspecified atom stereocenters. The fraction of sp³-hybridized carbons (Fsp3) is 0.632. The van der Waals surface area contributed by atoms with Crippen LogP contribution in [0.1, 0.15) is 25.8 Å². The summed E-state index contributed by atoms with van der Waals surface area (Å²) in [6, 6.07) is 8.11. The van der Waals surface area contributed by atoms with E-state index in [0.717, 1.165) is 37.4 Å². The minimum atomic E-state index is -0.312. The number of aliphatic hydroxyl groups is 1. The second-order valence-electron chi connectivity index (χ2n) is 6.77. The van der Waals surface area contributed by atoms with Crippen LogP contribution in [0.3, 0.4) is 0 Å². The summed E-state index contributed by atoms with van der Waals surface area (Å²) in [6.07, 6.45) is 0.713. The van der Waals surface area contributed by atoms with E-state index in [1.54, 1.807) is 7.11 Å². The highest BCUT2D eigenvalue weighted by atomic mass is 16.5. The number of hydrogen-bond donors (Lipinski definition) is 2. The third kappa shape index (κ3) is 6.30. The number of hydrogen-bond acceptors (Lipinski definition) is 5. The molecule has 0 aromatic heterocycles. The number of amides is 1. The molecule has 0 radical (unpaired) electrons. The SMILES string of the molecule is CC[C@@H]1CN(CC(=O)NCc2ccc(OC)cc2)CCN1C[C@H](C)O. The monoisotopic (exact) mass is 349 g/mol. The molecule has 0 aliphatic carbocycles. The third-order valence-electron chi connectivity index (χ3n) is 4.67. The highest BCUT2D eigenvalue weighted by molar-refractivity contribution is 5.78. The molecule has 1 fully saturated rings. The summed E-state index contributed by atoms with van der Waals surface area (Å²) in [5, 5.41) is 12.6. The van der Waals surface area contributed by atoms with Crippen LogP contribution in [0.5, 0.6) is 5.75 Å². The van der Waals surface area contributed by atoms with Gasteiger partial charge in [-0.3, -0.25) is 14.6 Å². The van der Waals surface area contributed by atoms with Gasteiger partial charge in [0, 0.05) is 38.8 Å². The maximum Gasteiger partial charge on any atom is 0.234 e. The average Bonchev–Trinajstić information content (AvgIpc) is 2.61. The minimum absolute atomic E-state index is 0.0506. The molecule has 2 N–H and O–H groups in total. The van der Waals surface area contributed by atoms with E-state index in [-0.39, 0.29) is 12.0 Å². The number of rotatable bonds is 8. The summed E-state index contributed by atoms with van der Waals surface area (Å²) in [5.74, 6) is 0.866. The standard InChI is InChI=1S/C19H31N3O3/c1-4-17-13-21(9-10-22(17)12-15(2)23)14-19(24)20-11-16-5-7-18(25-3)8-6-16/h5-8,15,17,23H,4,9-14H2,1-3H3,(H,20,24)/t15-,17+/m0/s1. The number of piperazine rings is 1. The molecule has 1 aliphatic heterocycles. The van der Waals surface area contributed by atoms with Gasteiger partial charge < -0.3 is 15.2 Å². The van der Waals surface area contributed by atoms with Gasteiger partial charge in [0.2, 0.25) is 5.91 Å². The van der Waals surface area contributed by atoms with Gasteiger partial charge in [-0.1, -0.05) is 19.1 Å². The largest absolute Gasteiger partial charge is 0.497 e. The number of nitrogens with zero attached hydrogens (tertiary/aromatic N) is 2. The Morgan fingerprint density at radius 1 is 1.36 bits per heavy atom. The van der Waals surface area contributed by atoms with Crippen LogP contribution in [0.4, 0.5) is 0 Å². The lowest BCUT2D eigenvalue weighted by atomic mass is 10.1. The van der Waals surface area contributed by atoms with Crippen molar-refractivity contribution in [3.63, 3.8) is 0 Å². The van der Waals surface area contributed by atoms with E-state index in [9.17, 15) is 9.90 Å². The van der Waals surface area contributed by atoms with Crippen molar-refractivity contribution in [2.75, 3.05) is 39.8 Å². The number of nitrogens with one attached hydrogen (secondary N) is 1. The molecule has 1 heterocycles. The van der Waals surface area contributed by atoms with Crippen LogP contribution >= 0.6 is 0 Å². The second kappa shape index (κ2) is 9.75. The molecule has 0 bridgehead atoms. The number of methoxy groups -OCH3 is 1. The first kappa shape index (κ1) is 19.7. The van der Waals surface area contributed by atoms with Gasteiger partial charge in [0.15, 0.2) is 0 Å². The highest BCUT2D eigenvalue weighted by Gasteiger charge is 2.27. The fourth-order valence-electron chi connectivity index (χ4n) is 3.27. The fourth-order valence-corrected chi connectivity index (χ4v) is 3.27. The zero-order valence-corrected chi connectivity index (χ0v) is 15.6. The quantitative estimate of drug-likeness (QED) is 0.735. The predicted molar refractivity (Wildman–Crippen MR) is 98.6 cm³/mol. The molecular weight excluding hydrogens is 318 g/mol. The average molecular weight is 349 g/mol. The van der Waals surface area contributed by atoms with Crippen molar-refractivity contribution in [2.24, 2.45) is 0 Å². The van der Waals surface area contributed by atoms with Gasteiger partial charge in [-0.15, -0.1) is 0 Å². The van der Waals surface area contributed by atoms with Crippen LogP contribution in [0.15, 0.2) is 24.3 Å². The molecule has 1 aromatic carbocycles. The lowest BCUT2D eigenvalue weighted by Gasteiger charge is -2.41. The predicted octanol–water partition coefficient (Wildman–Crippen LogP) is 1.09. The highest BCUT2D eigenvalue weighted by Crippen LogP contribution is 2.14. The number of aliphatic hydroxyl groups excluding tert-OH is 1. The summed E-state index contributed by atoms with van der Waals surface area (Å²) < 4.78 is 5.13. The van der Waals surface area contributed by atoms with Gasteiger partial charge in [0.1, 0.15) is 5.75 Å². The molecule has 2 atom stereocenters. The van der Waals surface area contributed by atoms with Crippen molar-refractivity contribution >= 4 is 5.91 Å². The Morgan fingerprint density at radius 3 is 2.68 bits per heavy atom. The van der Waals surface area contributed by atoms with Crippen molar-refractivity contribution in [1.29, 1.82) is 0 Å². The van der Waals surface area contributed by atoms with Crippen LogP contribution in [0.25, 0.3) is 0 Å².